The molecule has 0 unspecified atom stereocenters. The molecule has 1 aromatic rings. The van der Waals surface area contributed by atoms with Crippen molar-refractivity contribution in [3.05, 3.63) is 17.0 Å². The molecular weight excluding hydrogens is 314 g/mol. The molecule has 9 heteroatoms. The van der Waals surface area contributed by atoms with Crippen LogP contribution in [-0.2, 0) is 9.59 Å². The lowest BCUT2D eigenvalue weighted by Crippen LogP contribution is -2.47. The summed E-state index contributed by atoms with van der Waals surface area (Å²) < 4.78 is -0.800. The lowest BCUT2D eigenvalue weighted by molar-refractivity contribution is -0.139. The van der Waals surface area contributed by atoms with Crippen LogP contribution in [0.15, 0.2) is 11.4 Å². The van der Waals surface area contributed by atoms with E-state index in [2.05, 4.69) is 5.32 Å². The average molecular weight is 331 g/mol. The second kappa shape index (κ2) is 6.92. The van der Waals surface area contributed by atoms with Gasteiger partial charge in [-0.05, 0) is 25.3 Å². The van der Waals surface area contributed by atoms with Crippen LogP contribution in [0.5, 0.6) is 0 Å². The van der Waals surface area contributed by atoms with Gasteiger partial charge in [-0.15, -0.1) is 23.1 Å². The van der Waals surface area contributed by atoms with E-state index >= 15 is 0 Å². The van der Waals surface area contributed by atoms with Crippen LogP contribution in [0.1, 0.15) is 24.2 Å². The first-order valence-electron chi connectivity index (χ1n) is 5.94. The van der Waals surface area contributed by atoms with E-state index in [-0.39, 0.29) is 17.2 Å². The number of aliphatic carboxylic acids is 1. The molecule has 116 valence electrons. The molecular formula is C12H17N3O4S2. The van der Waals surface area contributed by atoms with Crippen LogP contribution in [0.4, 0.5) is 5.00 Å². The number of carbonyl (C=O) groups is 3. The molecule has 1 atom stereocenters. The molecule has 0 aromatic carbocycles. The van der Waals surface area contributed by atoms with Gasteiger partial charge in [0.15, 0.2) is 0 Å². The van der Waals surface area contributed by atoms with Crippen molar-refractivity contribution in [3.63, 3.8) is 0 Å². The highest BCUT2D eigenvalue weighted by Crippen LogP contribution is 2.28. The van der Waals surface area contributed by atoms with E-state index in [0.717, 1.165) is 11.8 Å². The normalized spacial score (nSPS) is 12.7. The maximum atomic E-state index is 11.9. The number of primary amides is 1. The molecule has 1 aromatic heterocycles. The van der Waals surface area contributed by atoms with Gasteiger partial charge in [0.05, 0.1) is 11.3 Å². The molecule has 0 aliphatic rings. The number of carbonyl (C=O) groups excluding carboxylic acids is 2. The zero-order valence-corrected chi connectivity index (χ0v) is 13.2. The summed E-state index contributed by atoms with van der Waals surface area (Å²) >= 11 is 2.32. The van der Waals surface area contributed by atoms with E-state index in [4.69, 9.17) is 16.6 Å². The molecule has 21 heavy (non-hydrogen) atoms. The summed E-state index contributed by atoms with van der Waals surface area (Å²) in [7, 11) is 0. The first-order chi connectivity index (χ1) is 9.65. The van der Waals surface area contributed by atoms with Gasteiger partial charge in [-0.25, -0.2) is 0 Å². The summed E-state index contributed by atoms with van der Waals surface area (Å²) in [5.74, 6) is -2.07. The van der Waals surface area contributed by atoms with Crippen LogP contribution in [0.2, 0.25) is 0 Å². The number of carboxylic acids is 1. The van der Waals surface area contributed by atoms with E-state index < -0.39 is 22.7 Å². The van der Waals surface area contributed by atoms with Crippen LogP contribution in [0.3, 0.4) is 0 Å². The smallest absolute Gasteiger partial charge is 0.321 e. The predicted molar refractivity (Wildman–Crippen MR) is 83.6 cm³/mol. The lowest BCUT2D eigenvalue weighted by Gasteiger charge is -2.27. The third kappa shape index (κ3) is 4.73. The Morgan fingerprint density at radius 2 is 2.10 bits per heavy atom. The second-order valence-corrected chi connectivity index (χ2v) is 7.33. The molecule has 0 aliphatic heterocycles. The van der Waals surface area contributed by atoms with Crippen molar-refractivity contribution in [1.82, 2.24) is 0 Å². The molecule has 0 fully saturated rings. The maximum Gasteiger partial charge on any atom is 0.321 e. The molecule has 1 heterocycles. The van der Waals surface area contributed by atoms with Crippen molar-refractivity contribution in [1.29, 1.82) is 0 Å². The maximum absolute atomic E-state index is 11.9. The summed E-state index contributed by atoms with van der Waals surface area (Å²) in [6, 6.07) is 0.443. The Balaban J connectivity index is 2.61. The second-order valence-electron chi connectivity index (χ2n) is 4.78. The number of nitrogens with two attached hydrogens (primary N) is 2. The van der Waals surface area contributed by atoms with Gasteiger partial charge >= 0.3 is 5.97 Å². The summed E-state index contributed by atoms with van der Waals surface area (Å²) in [6.07, 6.45) is 0. The average Bonchev–Trinajstić information content (AvgIpc) is 2.83. The standard InChI is InChI=1S/C12H17N3O4S2/c1-12(2,8(13)11(18)19)21-5-7(16)15-10-6(9(14)17)3-4-20-10/h3-4,8H,5,13H2,1-2H3,(H2,14,17)(H,15,16)(H,18,19)/t8-/m1/s1. The third-order valence-corrected chi connectivity index (χ3v) is 5.01. The number of carboxylic acid groups (broad SMARTS) is 1. The van der Waals surface area contributed by atoms with Crippen molar-refractivity contribution in [2.75, 3.05) is 11.1 Å². The molecule has 0 saturated heterocycles. The van der Waals surface area contributed by atoms with Crippen molar-refractivity contribution >= 4 is 45.9 Å². The molecule has 0 saturated carbocycles. The Morgan fingerprint density at radius 3 is 2.62 bits per heavy atom. The molecule has 6 N–H and O–H groups in total. The number of nitrogens with one attached hydrogen (secondary N) is 1. The van der Waals surface area contributed by atoms with Gasteiger partial charge in [0, 0.05) is 4.75 Å². The highest BCUT2D eigenvalue weighted by atomic mass is 32.2. The van der Waals surface area contributed by atoms with Gasteiger partial charge in [0.1, 0.15) is 11.0 Å². The molecule has 2 amide bonds. The molecule has 1 rings (SSSR count). The first kappa shape index (κ1) is 17.5. The minimum atomic E-state index is -1.12. The van der Waals surface area contributed by atoms with Crippen LogP contribution in [0.25, 0.3) is 0 Å². The summed E-state index contributed by atoms with van der Waals surface area (Å²) in [5.41, 5.74) is 11.0. The largest absolute Gasteiger partial charge is 0.480 e. The van der Waals surface area contributed by atoms with Crippen molar-refractivity contribution in [2.24, 2.45) is 11.5 Å². The lowest BCUT2D eigenvalue weighted by atomic mass is 10.1. The van der Waals surface area contributed by atoms with E-state index in [9.17, 15) is 14.4 Å². The SMILES string of the molecule is CC(C)(SCC(=O)Nc1sccc1C(N)=O)[C@H](N)C(=O)O. The van der Waals surface area contributed by atoms with Crippen LogP contribution in [0, 0.1) is 0 Å². The van der Waals surface area contributed by atoms with Crippen molar-refractivity contribution in [3.8, 4) is 0 Å². The number of anilines is 1. The summed E-state index contributed by atoms with van der Waals surface area (Å²) in [6.45, 7) is 3.31. The van der Waals surface area contributed by atoms with E-state index in [1.807, 2.05) is 0 Å². The van der Waals surface area contributed by atoms with Crippen LogP contribution >= 0.6 is 23.1 Å². The highest BCUT2D eigenvalue weighted by Gasteiger charge is 2.33. The minimum absolute atomic E-state index is 0.0179. The van der Waals surface area contributed by atoms with Gasteiger partial charge in [0.25, 0.3) is 5.91 Å². The van der Waals surface area contributed by atoms with Gasteiger partial charge in [0.2, 0.25) is 5.91 Å². The number of hydrogen-bond donors (Lipinski definition) is 4. The van der Waals surface area contributed by atoms with Crippen molar-refractivity contribution < 1.29 is 19.5 Å². The molecule has 7 nitrogen and oxygen atoms in total. The topological polar surface area (TPSA) is 136 Å². The monoisotopic (exact) mass is 331 g/mol. The fourth-order valence-corrected chi connectivity index (χ4v) is 3.07. The molecule has 0 radical (unpaired) electrons. The Morgan fingerprint density at radius 1 is 1.48 bits per heavy atom. The number of rotatable bonds is 7. The van der Waals surface area contributed by atoms with E-state index in [1.165, 1.54) is 17.4 Å². The number of thiophene rings is 1. The van der Waals surface area contributed by atoms with Crippen molar-refractivity contribution in [2.45, 2.75) is 24.6 Å². The number of thioether (sulfide) groups is 1. The fraction of sp³-hybridized carbons (Fsp3) is 0.417. The van der Waals surface area contributed by atoms with Gasteiger partial charge < -0.3 is 21.9 Å². The Labute approximate surface area is 130 Å². The highest BCUT2D eigenvalue weighted by molar-refractivity contribution is 8.01. The predicted octanol–water partition coefficient (Wildman–Crippen LogP) is 0.709. The zero-order valence-electron chi connectivity index (χ0n) is 11.6. The molecule has 0 bridgehead atoms. The number of hydrogen-bond acceptors (Lipinski definition) is 6. The quantitative estimate of drug-likeness (QED) is 0.581. The van der Waals surface area contributed by atoms with Gasteiger partial charge in [-0.1, -0.05) is 0 Å². The Hall–Kier alpha value is -1.58. The van der Waals surface area contributed by atoms with Gasteiger partial charge in [-0.3, -0.25) is 14.4 Å². The fourth-order valence-electron chi connectivity index (χ4n) is 1.40. The van der Waals surface area contributed by atoms with Gasteiger partial charge in [-0.2, -0.15) is 0 Å². The first-order valence-corrected chi connectivity index (χ1v) is 7.81. The third-order valence-electron chi connectivity index (χ3n) is 2.77. The molecule has 0 aliphatic carbocycles. The molecule has 0 spiro atoms. The van der Waals surface area contributed by atoms with E-state index in [1.54, 1.807) is 19.2 Å². The Kier molecular flexibility index (Phi) is 5.76. The Bertz CT molecular complexity index is 556. The summed E-state index contributed by atoms with van der Waals surface area (Å²) in [5, 5.41) is 13.5. The van der Waals surface area contributed by atoms with Crippen LogP contribution < -0.4 is 16.8 Å². The zero-order chi connectivity index (χ0) is 16.2. The summed E-state index contributed by atoms with van der Waals surface area (Å²) in [4.78, 5) is 33.9. The minimum Gasteiger partial charge on any atom is -0.480 e. The number of amides is 2. The van der Waals surface area contributed by atoms with Crippen LogP contribution in [-0.4, -0.2) is 39.4 Å². The van der Waals surface area contributed by atoms with E-state index in [0.29, 0.717) is 5.00 Å².